The van der Waals surface area contributed by atoms with Crippen LogP contribution in [0.2, 0.25) is 0 Å². The smallest absolute Gasteiger partial charge is 0.408 e. The lowest BCUT2D eigenvalue weighted by Gasteiger charge is -2.28. The number of ether oxygens (including phenoxy) is 1. The minimum atomic E-state index is -0.933. The van der Waals surface area contributed by atoms with Gasteiger partial charge in [-0.25, -0.2) is 4.79 Å². The van der Waals surface area contributed by atoms with Crippen LogP contribution in [0.1, 0.15) is 27.7 Å². The van der Waals surface area contributed by atoms with E-state index in [0.29, 0.717) is 0 Å². The number of amides is 1. The average Bonchev–Trinajstić information content (AvgIpc) is 2.12. The van der Waals surface area contributed by atoms with Gasteiger partial charge in [-0.15, -0.1) is 0 Å². The number of aliphatic hydroxyl groups is 1. The molecule has 0 aliphatic carbocycles. The normalized spacial score (nSPS) is 15.8. The zero-order valence-corrected chi connectivity index (χ0v) is 10.8. The Morgan fingerprint density at radius 3 is 2.31 bits per heavy atom. The maximum atomic E-state index is 11.4. The lowest BCUT2D eigenvalue weighted by Crippen LogP contribution is -2.49. The summed E-state index contributed by atoms with van der Waals surface area (Å²) in [5, 5.41) is 13.4. The van der Waals surface area contributed by atoms with Gasteiger partial charge in [0.05, 0.1) is 13.2 Å². The van der Waals surface area contributed by atoms with Crippen LogP contribution in [0.15, 0.2) is 0 Å². The van der Waals surface area contributed by atoms with Crippen molar-refractivity contribution in [1.82, 2.24) is 10.4 Å². The maximum Gasteiger partial charge on any atom is 0.408 e. The Balaban J connectivity index is 4.14. The van der Waals surface area contributed by atoms with Crippen molar-refractivity contribution in [2.45, 2.75) is 45.6 Å². The molecule has 0 fully saturated rings. The number of alkyl carbamates (subject to hydrolysis) is 1. The van der Waals surface area contributed by atoms with Crippen LogP contribution in [-0.4, -0.2) is 48.3 Å². The van der Waals surface area contributed by atoms with Gasteiger partial charge in [0.2, 0.25) is 0 Å². The molecule has 6 nitrogen and oxygen atoms in total. The first-order chi connectivity index (χ1) is 7.17. The minimum Gasteiger partial charge on any atom is -0.444 e. The highest BCUT2D eigenvalue weighted by Crippen LogP contribution is 2.07. The Hall–Kier alpha value is -0.850. The molecular weight excluding hydrogens is 212 g/mol. The second kappa shape index (κ2) is 6.03. The lowest BCUT2D eigenvalue weighted by atomic mass is 10.2. The highest BCUT2D eigenvalue weighted by Gasteiger charge is 2.23. The molecule has 0 radical (unpaired) electrons. The van der Waals surface area contributed by atoms with Gasteiger partial charge in [-0.1, -0.05) is 0 Å². The molecule has 0 aliphatic rings. The summed E-state index contributed by atoms with van der Waals surface area (Å²) in [6.45, 7) is 6.98. The molecule has 2 atom stereocenters. The summed E-state index contributed by atoms with van der Waals surface area (Å²) in [5.74, 6) is 0. The van der Waals surface area contributed by atoms with Crippen LogP contribution in [0.5, 0.6) is 0 Å². The van der Waals surface area contributed by atoms with Crippen molar-refractivity contribution in [2.24, 2.45) is 0 Å². The van der Waals surface area contributed by atoms with Crippen molar-refractivity contribution < 1.29 is 19.5 Å². The van der Waals surface area contributed by atoms with E-state index in [1.165, 1.54) is 12.2 Å². The number of hydrogen-bond donors (Lipinski definition) is 2. The van der Waals surface area contributed by atoms with Crippen LogP contribution in [0.4, 0.5) is 4.79 Å². The molecule has 0 heterocycles. The Morgan fingerprint density at radius 2 is 1.94 bits per heavy atom. The average molecular weight is 234 g/mol. The molecule has 0 aromatic carbocycles. The summed E-state index contributed by atoms with van der Waals surface area (Å²) in [6.07, 6.45) is -1.50. The third-order valence-corrected chi connectivity index (χ3v) is 1.85. The third-order valence-electron chi connectivity index (χ3n) is 1.85. The number of carbonyl (C=O) groups excluding carboxylic acids is 1. The standard InChI is InChI=1S/C10H22N2O4/c1-7(8(13)12(5)15-6)11-9(14)16-10(2,3)4/h7-8,13H,1-6H3,(H,11,14)/t7-,8?/m0/s1. The molecule has 0 saturated carbocycles. The maximum absolute atomic E-state index is 11.4. The molecule has 1 unspecified atom stereocenters. The van der Waals surface area contributed by atoms with Crippen molar-refractivity contribution >= 4 is 6.09 Å². The van der Waals surface area contributed by atoms with Crippen LogP contribution in [-0.2, 0) is 9.57 Å². The van der Waals surface area contributed by atoms with Crippen LogP contribution < -0.4 is 5.32 Å². The predicted molar refractivity (Wildman–Crippen MR) is 59.6 cm³/mol. The van der Waals surface area contributed by atoms with E-state index >= 15 is 0 Å². The highest BCUT2D eigenvalue weighted by atomic mass is 16.7. The van der Waals surface area contributed by atoms with Gasteiger partial charge in [0.1, 0.15) is 11.8 Å². The molecule has 0 aromatic heterocycles. The molecule has 0 bridgehead atoms. The van der Waals surface area contributed by atoms with E-state index in [1.807, 2.05) is 0 Å². The van der Waals surface area contributed by atoms with Crippen LogP contribution in [0, 0.1) is 0 Å². The molecule has 16 heavy (non-hydrogen) atoms. The zero-order chi connectivity index (χ0) is 12.9. The molecule has 0 aromatic rings. The van der Waals surface area contributed by atoms with Gasteiger partial charge in [0.15, 0.2) is 0 Å². The fourth-order valence-electron chi connectivity index (χ4n) is 0.991. The van der Waals surface area contributed by atoms with Crippen molar-refractivity contribution in [2.75, 3.05) is 14.2 Å². The Morgan fingerprint density at radius 1 is 1.44 bits per heavy atom. The van der Waals surface area contributed by atoms with Crippen molar-refractivity contribution in [3.8, 4) is 0 Å². The van der Waals surface area contributed by atoms with Crippen molar-refractivity contribution in [1.29, 1.82) is 0 Å². The van der Waals surface area contributed by atoms with E-state index in [-0.39, 0.29) is 0 Å². The van der Waals surface area contributed by atoms with Gasteiger partial charge >= 0.3 is 6.09 Å². The Kier molecular flexibility index (Phi) is 5.71. The number of likely N-dealkylation sites (N-methyl/N-ethyl adjacent to an activating group) is 1. The number of aliphatic hydroxyl groups excluding tert-OH is 1. The zero-order valence-electron chi connectivity index (χ0n) is 10.8. The molecule has 0 saturated heterocycles. The fraction of sp³-hybridized carbons (Fsp3) is 0.900. The molecule has 0 spiro atoms. The molecule has 0 rings (SSSR count). The Labute approximate surface area is 96.5 Å². The van der Waals surface area contributed by atoms with E-state index < -0.39 is 24.0 Å². The van der Waals surface area contributed by atoms with Crippen molar-refractivity contribution in [3.63, 3.8) is 0 Å². The first-order valence-corrected chi connectivity index (χ1v) is 5.12. The second-order valence-electron chi connectivity index (χ2n) is 4.58. The van der Waals surface area contributed by atoms with E-state index in [2.05, 4.69) is 5.32 Å². The van der Waals surface area contributed by atoms with E-state index in [1.54, 1.807) is 34.7 Å². The quantitative estimate of drug-likeness (QED) is 0.554. The summed E-state index contributed by atoms with van der Waals surface area (Å²) in [7, 11) is 3.00. The number of hydroxylamine groups is 2. The van der Waals surface area contributed by atoms with Gasteiger partial charge in [0, 0.05) is 7.05 Å². The van der Waals surface area contributed by atoms with Gasteiger partial charge in [-0.2, -0.15) is 5.06 Å². The summed E-state index contributed by atoms with van der Waals surface area (Å²) in [5.41, 5.74) is -0.554. The summed E-state index contributed by atoms with van der Waals surface area (Å²) in [6, 6.07) is -0.500. The molecule has 2 N–H and O–H groups in total. The fourth-order valence-corrected chi connectivity index (χ4v) is 0.991. The first-order valence-electron chi connectivity index (χ1n) is 5.12. The van der Waals surface area contributed by atoms with Crippen molar-refractivity contribution in [3.05, 3.63) is 0 Å². The van der Waals surface area contributed by atoms with E-state index in [4.69, 9.17) is 9.57 Å². The summed E-state index contributed by atoms with van der Waals surface area (Å²) >= 11 is 0. The monoisotopic (exact) mass is 234 g/mol. The summed E-state index contributed by atoms with van der Waals surface area (Å²) in [4.78, 5) is 16.2. The number of hydrogen-bond acceptors (Lipinski definition) is 5. The molecule has 0 aliphatic heterocycles. The second-order valence-corrected chi connectivity index (χ2v) is 4.58. The van der Waals surface area contributed by atoms with E-state index in [0.717, 1.165) is 0 Å². The minimum absolute atomic E-state index is 0.500. The highest BCUT2D eigenvalue weighted by molar-refractivity contribution is 5.68. The number of nitrogens with zero attached hydrogens (tertiary/aromatic N) is 1. The number of nitrogens with one attached hydrogen (secondary N) is 1. The van der Waals surface area contributed by atoms with Gasteiger partial charge in [0.25, 0.3) is 0 Å². The van der Waals surface area contributed by atoms with Gasteiger partial charge in [-0.3, -0.25) is 4.84 Å². The first kappa shape index (κ1) is 15.2. The van der Waals surface area contributed by atoms with Gasteiger partial charge < -0.3 is 15.2 Å². The third kappa shape index (κ3) is 5.89. The van der Waals surface area contributed by atoms with Gasteiger partial charge in [-0.05, 0) is 27.7 Å². The largest absolute Gasteiger partial charge is 0.444 e. The predicted octanol–water partition coefficient (Wildman–Crippen LogP) is 0.711. The van der Waals surface area contributed by atoms with Crippen LogP contribution >= 0.6 is 0 Å². The van der Waals surface area contributed by atoms with Crippen LogP contribution in [0.3, 0.4) is 0 Å². The number of carbonyl (C=O) groups is 1. The lowest BCUT2D eigenvalue weighted by molar-refractivity contribution is -0.210. The van der Waals surface area contributed by atoms with Crippen LogP contribution in [0.25, 0.3) is 0 Å². The molecular formula is C10H22N2O4. The topological polar surface area (TPSA) is 71.0 Å². The van der Waals surface area contributed by atoms with E-state index in [9.17, 15) is 9.90 Å². The molecule has 1 amide bonds. The number of rotatable bonds is 4. The molecule has 6 heteroatoms. The SMILES string of the molecule is CON(C)C(O)[C@H](C)NC(=O)OC(C)(C)C. The molecule has 96 valence electrons. The Bertz CT molecular complexity index is 227. The summed E-state index contributed by atoms with van der Waals surface area (Å²) < 4.78 is 5.05.